The minimum atomic E-state index is -4.31. The van der Waals surface area contributed by atoms with Gasteiger partial charge in [0.15, 0.2) is 0 Å². The number of phenolic OH excluding ortho intramolecular Hbond substituents is 1. The van der Waals surface area contributed by atoms with Gasteiger partial charge in [0.25, 0.3) is 10.0 Å². The van der Waals surface area contributed by atoms with Crippen molar-refractivity contribution in [2.45, 2.75) is 44.1 Å². The van der Waals surface area contributed by atoms with Gasteiger partial charge in [0.1, 0.15) is 22.1 Å². The quantitative estimate of drug-likeness (QED) is 0.535. The number of aromatic hydroxyl groups is 1. The number of rotatable bonds is 5. The molecule has 0 aromatic heterocycles. The van der Waals surface area contributed by atoms with Gasteiger partial charge in [0.2, 0.25) is 0 Å². The van der Waals surface area contributed by atoms with Gasteiger partial charge < -0.3 is 14.7 Å². The highest BCUT2D eigenvalue weighted by Gasteiger charge is 2.34. The van der Waals surface area contributed by atoms with E-state index in [-0.39, 0.29) is 33.1 Å². The number of amides is 1. The van der Waals surface area contributed by atoms with Gasteiger partial charge in [-0.2, -0.15) is 0 Å². The molecule has 0 saturated carbocycles. The Morgan fingerprint density at radius 3 is 2.44 bits per heavy atom. The van der Waals surface area contributed by atoms with Crippen LogP contribution in [0.5, 0.6) is 5.75 Å². The van der Waals surface area contributed by atoms with E-state index in [0.717, 1.165) is 22.5 Å². The minimum absolute atomic E-state index is 0.0509. The van der Waals surface area contributed by atoms with E-state index in [2.05, 4.69) is 0 Å². The Kier molecular flexibility index (Phi) is 7.89. The summed E-state index contributed by atoms with van der Waals surface area (Å²) in [5.41, 5.74) is -0.824. The van der Waals surface area contributed by atoms with E-state index in [1.165, 1.54) is 18.2 Å². The van der Waals surface area contributed by atoms with Crippen molar-refractivity contribution in [2.75, 3.05) is 23.9 Å². The Balaban J connectivity index is 1.89. The van der Waals surface area contributed by atoms with Crippen LogP contribution < -0.4 is 4.31 Å². The average molecular weight is 533 g/mol. The first kappa shape index (κ1) is 26.4. The molecule has 1 aliphatic heterocycles. The van der Waals surface area contributed by atoms with Gasteiger partial charge in [-0.25, -0.2) is 17.6 Å². The van der Waals surface area contributed by atoms with Crippen LogP contribution in [0.2, 0.25) is 10.0 Å². The van der Waals surface area contributed by atoms with Gasteiger partial charge in [-0.1, -0.05) is 23.2 Å². The third-order valence-electron chi connectivity index (χ3n) is 5.36. The number of piperidine rings is 1. The van der Waals surface area contributed by atoms with Gasteiger partial charge in [-0.15, -0.1) is 0 Å². The van der Waals surface area contributed by atoms with Crippen molar-refractivity contribution in [3.8, 4) is 5.75 Å². The highest BCUT2D eigenvalue weighted by molar-refractivity contribution is 7.93. The van der Waals surface area contributed by atoms with E-state index in [1.807, 2.05) is 0 Å². The lowest BCUT2D eigenvalue weighted by Crippen LogP contribution is -2.44. The Morgan fingerprint density at radius 2 is 1.82 bits per heavy atom. The summed E-state index contributed by atoms with van der Waals surface area (Å²) in [6.45, 7) is 6.05. The first-order valence-electron chi connectivity index (χ1n) is 10.7. The van der Waals surface area contributed by atoms with Gasteiger partial charge in [0.05, 0.1) is 10.7 Å². The molecule has 1 amide bonds. The third-order valence-corrected chi connectivity index (χ3v) is 7.85. The molecule has 1 aliphatic rings. The molecule has 1 saturated heterocycles. The van der Waals surface area contributed by atoms with Crippen molar-refractivity contribution in [1.82, 2.24) is 4.90 Å². The number of ether oxygens (including phenoxy) is 1. The summed E-state index contributed by atoms with van der Waals surface area (Å²) in [6.07, 6.45) is 0.554. The number of anilines is 1. The van der Waals surface area contributed by atoms with Crippen molar-refractivity contribution in [3.05, 3.63) is 52.3 Å². The van der Waals surface area contributed by atoms with Crippen LogP contribution in [0.4, 0.5) is 14.9 Å². The molecule has 186 valence electrons. The van der Waals surface area contributed by atoms with Crippen molar-refractivity contribution >= 4 is 45.0 Å². The predicted molar refractivity (Wildman–Crippen MR) is 130 cm³/mol. The molecular formula is C23H27Cl2FN2O5S. The van der Waals surface area contributed by atoms with Crippen molar-refractivity contribution in [3.63, 3.8) is 0 Å². The number of sulfonamides is 1. The van der Waals surface area contributed by atoms with Crippen LogP contribution in [0.15, 0.2) is 41.3 Å². The van der Waals surface area contributed by atoms with Crippen molar-refractivity contribution in [1.29, 1.82) is 0 Å². The molecule has 0 bridgehead atoms. The molecular weight excluding hydrogens is 506 g/mol. The standard InChI is InChI=1S/C23H27Cl2FN2O5S/c1-23(2,3)33-22(30)27-10-8-15(9-11-27)14-28(19-13-17(26)5-7-20(19)29)34(31,32)21-12-16(24)4-6-18(21)25/h4-7,12-13,15,29H,8-11,14H2,1-3H3. The summed E-state index contributed by atoms with van der Waals surface area (Å²) in [4.78, 5) is 13.7. The topological polar surface area (TPSA) is 87.2 Å². The second-order valence-corrected chi connectivity index (χ2v) is 11.8. The molecule has 1 fully saturated rings. The Bertz CT molecular complexity index is 1160. The minimum Gasteiger partial charge on any atom is -0.506 e. The number of hydrogen-bond acceptors (Lipinski definition) is 5. The molecule has 0 aliphatic carbocycles. The first-order chi connectivity index (χ1) is 15.8. The van der Waals surface area contributed by atoms with Gasteiger partial charge in [-0.3, -0.25) is 4.31 Å². The Hall–Kier alpha value is -2.23. The van der Waals surface area contributed by atoms with E-state index >= 15 is 0 Å². The molecule has 1 heterocycles. The van der Waals surface area contributed by atoms with Crippen molar-refractivity contribution in [2.24, 2.45) is 5.92 Å². The lowest BCUT2D eigenvalue weighted by Gasteiger charge is -2.36. The van der Waals surface area contributed by atoms with Gasteiger partial charge in [0, 0.05) is 30.7 Å². The fraction of sp³-hybridized carbons (Fsp3) is 0.435. The van der Waals surface area contributed by atoms with Crippen LogP contribution in [0, 0.1) is 11.7 Å². The third kappa shape index (κ3) is 6.25. The number of halogens is 3. The highest BCUT2D eigenvalue weighted by Crippen LogP contribution is 2.37. The normalized spacial score (nSPS) is 15.3. The lowest BCUT2D eigenvalue weighted by molar-refractivity contribution is 0.0187. The largest absolute Gasteiger partial charge is 0.506 e. The number of nitrogens with zero attached hydrogens (tertiary/aromatic N) is 2. The fourth-order valence-electron chi connectivity index (χ4n) is 3.67. The molecule has 2 aromatic rings. The molecule has 1 N–H and O–H groups in total. The Labute approximate surface area is 209 Å². The highest BCUT2D eigenvalue weighted by atomic mass is 35.5. The summed E-state index contributed by atoms with van der Waals surface area (Å²) in [7, 11) is -4.31. The summed E-state index contributed by atoms with van der Waals surface area (Å²) < 4.78 is 47.7. The van der Waals surface area contributed by atoms with E-state index in [4.69, 9.17) is 27.9 Å². The summed E-state index contributed by atoms with van der Waals surface area (Å²) in [5, 5.41) is 10.5. The van der Waals surface area contributed by atoms with Crippen LogP contribution in [0.3, 0.4) is 0 Å². The maximum Gasteiger partial charge on any atom is 0.410 e. The van der Waals surface area contributed by atoms with Crippen LogP contribution in [-0.2, 0) is 14.8 Å². The molecule has 11 heteroatoms. The van der Waals surface area contributed by atoms with E-state index < -0.39 is 33.3 Å². The van der Waals surface area contributed by atoms with Crippen LogP contribution in [-0.4, -0.2) is 49.8 Å². The molecule has 3 rings (SSSR count). The summed E-state index contributed by atoms with van der Waals surface area (Å²) in [5.74, 6) is -1.27. The molecule has 0 radical (unpaired) electrons. The smallest absolute Gasteiger partial charge is 0.410 e. The molecule has 7 nitrogen and oxygen atoms in total. The molecule has 2 aromatic carbocycles. The number of likely N-dealkylation sites (tertiary alicyclic amines) is 1. The monoisotopic (exact) mass is 532 g/mol. The maximum atomic E-state index is 14.1. The first-order valence-corrected chi connectivity index (χ1v) is 12.9. The number of carbonyl (C=O) groups excluding carboxylic acids is 1. The SMILES string of the molecule is CC(C)(C)OC(=O)N1CCC(CN(c2cc(F)ccc2O)S(=O)(=O)c2cc(Cl)ccc2Cl)CC1. The van der Waals surface area contributed by atoms with E-state index in [9.17, 15) is 22.7 Å². The number of carbonyl (C=O) groups is 1. The zero-order chi connectivity index (χ0) is 25.3. The number of hydrogen-bond donors (Lipinski definition) is 1. The maximum absolute atomic E-state index is 14.1. The molecule has 34 heavy (non-hydrogen) atoms. The second kappa shape index (κ2) is 10.2. The van der Waals surface area contributed by atoms with Crippen LogP contribution >= 0.6 is 23.2 Å². The second-order valence-electron chi connectivity index (χ2n) is 9.15. The predicted octanol–water partition coefficient (Wildman–Crippen LogP) is 5.68. The number of benzene rings is 2. The van der Waals surface area contributed by atoms with Crippen molar-refractivity contribution < 1.29 is 27.4 Å². The van der Waals surface area contributed by atoms with Gasteiger partial charge in [-0.05, 0) is 69.9 Å². The van der Waals surface area contributed by atoms with Gasteiger partial charge >= 0.3 is 6.09 Å². The fourth-order valence-corrected chi connectivity index (χ4v) is 5.96. The van der Waals surface area contributed by atoms with Crippen LogP contribution in [0.1, 0.15) is 33.6 Å². The summed E-state index contributed by atoms with van der Waals surface area (Å²) in [6, 6.07) is 7.13. The zero-order valence-corrected chi connectivity index (χ0v) is 21.4. The number of phenols is 1. The Morgan fingerprint density at radius 1 is 1.18 bits per heavy atom. The average Bonchev–Trinajstić information content (AvgIpc) is 2.74. The lowest BCUT2D eigenvalue weighted by atomic mass is 9.97. The van der Waals surface area contributed by atoms with E-state index in [0.29, 0.717) is 25.9 Å². The summed E-state index contributed by atoms with van der Waals surface area (Å²) >= 11 is 12.2. The molecule has 0 atom stereocenters. The van der Waals surface area contributed by atoms with Crippen LogP contribution in [0.25, 0.3) is 0 Å². The molecule has 0 unspecified atom stereocenters. The zero-order valence-electron chi connectivity index (χ0n) is 19.1. The van der Waals surface area contributed by atoms with E-state index in [1.54, 1.807) is 25.7 Å². The molecule has 0 spiro atoms.